The van der Waals surface area contributed by atoms with Gasteiger partial charge in [0.25, 0.3) is 5.56 Å². The number of thioether (sulfide) groups is 1. The molecule has 1 N–H and O–H groups in total. The monoisotopic (exact) mass is 481 g/mol. The minimum Gasteiger partial charge on any atom is -0.324 e. The van der Waals surface area contributed by atoms with Crippen LogP contribution >= 0.6 is 11.8 Å². The summed E-state index contributed by atoms with van der Waals surface area (Å²) in [5.74, 6) is -0.817. The third-order valence-corrected chi connectivity index (χ3v) is 6.21. The second kappa shape index (κ2) is 9.68. The predicted octanol–water partition coefficient (Wildman–Crippen LogP) is 3.24. The number of halogens is 1. The SMILES string of the molecule is CCn1nc(C)c2c1c(=O)n(Cc1ccc(F)cc1)c(=O)n2CC(=O)Nc1cccc(SC)c1. The van der Waals surface area contributed by atoms with Crippen molar-refractivity contribution in [1.82, 2.24) is 18.9 Å². The van der Waals surface area contributed by atoms with Gasteiger partial charge in [-0.2, -0.15) is 5.10 Å². The van der Waals surface area contributed by atoms with Crippen LogP contribution < -0.4 is 16.6 Å². The smallest absolute Gasteiger partial charge is 0.324 e. The third-order valence-electron chi connectivity index (χ3n) is 5.48. The van der Waals surface area contributed by atoms with E-state index in [1.807, 2.05) is 31.4 Å². The molecule has 0 bridgehead atoms. The van der Waals surface area contributed by atoms with E-state index in [0.29, 0.717) is 29.0 Å². The van der Waals surface area contributed by atoms with Gasteiger partial charge in [-0.05, 0) is 56.0 Å². The summed E-state index contributed by atoms with van der Waals surface area (Å²) in [7, 11) is 0. The van der Waals surface area contributed by atoms with E-state index in [9.17, 15) is 18.8 Å². The Bertz CT molecular complexity index is 1490. The Morgan fingerprint density at radius 1 is 1.09 bits per heavy atom. The Morgan fingerprint density at radius 3 is 2.50 bits per heavy atom. The molecule has 0 fully saturated rings. The third kappa shape index (κ3) is 4.54. The number of fused-ring (bicyclic) bond motifs is 1. The molecule has 2 aromatic heterocycles. The number of carbonyl (C=O) groups is 1. The summed E-state index contributed by atoms with van der Waals surface area (Å²) in [5, 5.41) is 7.22. The van der Waals surface area contributed by atoms with Crippen molar-refractivity contribution >= 4 is 34.4 Å². The topological polar surface area (TPSA) is 90.9 Å². The Labute approximate surface area is 199 Å². The highest BCUT2D eigenvalue weighted by Gasteiger charge is 2.21. The van der Waals surface area contributed by atoms with E-state index >= 15 is 0 Å². The molecule has 4 aromatic rings. The standard InChI is InChI=1S/C24H24FN5O3S/c1-4-30-22-21(15(2)27-30)28(14-20(31)26-18-6-5-7-19(12-18)34-3)24(33)29(23(22)32)13-16-8-10-17(25)11-9-16/h5-12H,4,13-14H2,1-3H3,(H,26,31). The number of aromatic nitrogens is 4. The molecule has 0 atom stereocenters. The van der Waals surface area contributed by atoms with E-state index in [1.165, 1.54) is 33.5 Å². The summed E-state index contributed by atoms with van der Waals surface area (Å²) in [5.41, 5.74) is 1.13. The maximum atomic E-state index is 13.4. The van der Waals surface area contributed by atoms with Crippen LogP contribution in [-0.2, 0) is 24.4 Å². The van der Waals surface area contributed by atoms with Crippen LogP contribution in [0.2, 0.25) is 0 Å². The Kier molecular flexibility index (Phi) is 6.69. The van der Waals surface area contributed by atoms with Gasteiger partial charge in [0.1, 0.15) is 17.9 Å². The zero-order valence-electron chi connectivity index (χ0n) is 19.0. The van der Waals surface area contributed by atoms with Gasteiger partial charge in [-0.1, -0.05) is 18.2 Å². The van der Waals surface area contributed by atoms with Crippen molar-refractivity contribution in [2.75, 3.05) is 11.6 Å². The first kappa shape index (κ1) is 23.5. The molecule has 1 amide bonds. The van der Waals surface area contributed by atoms with Gasteiger partial charge in [0.15, 0.2) is 5.52 Å². The van der Waals surface area contributed by atoms with Gasteiger partial charge in [0.2, 0.25) is 5.91 Å². The Hall–Kier alpha value is -3.66. The van der Waals surface area contributed by atoms with Crippen molar-refractivity contribution in [3.63, 3.8) is 0 Å². The molecule has 176 valence electrons. The average Bonchev–Trinajstić information content (AvgIpc) is 3.17. The Morgan fingerprint density at radius 2 is 1.82 bits per heavy atom. The molecule has 0 aliphatic carbocycles. The van der Waals surface area contributed by atoms with Crippen molar-refractivity contribution in [2.24, 2.45) is 0 Å². The van der Waals surface area contributed by atoms with E-state index in [-0.39, 0.29) is 18.6 Å². The van der Waals surface area contributed by atoms with Crippen molar-refractivity contribution in [3.05, 3.63) is 86.4 Å². The summed E-state index contributed by atoms with van der Waals surface area (Å²) >= 11 is 1.55. The summed E-state index contributed by atoms with van der Waals surface area (Å²) in [6, 6.07) is 13.0. The molecule has 8 nitrogen and oxygen atoms in total. The number of hydrogen-bond donors (Lipinski definition) is 1. The van der Waals surface area contributed by atoms with Gasteiger partial charge in [0, 0.05) is 17.1 Å². The van der Waals surface area contributed by atoms with Crippen molar-refractivity contribution in [3.8, 4) is 0 Å². The number of carbonyl (C=O) groups excluding carboxylic acids is 1. The van der Waals surface area contributed by atoms with Gasteiger partial charge < -0.3 is 5.32 Å². The first-order valence-electron chi connectivity index (χ1n) is 10.7. The molecule has 0 aliphatic heterocycles. The molecule has 0 saturated carbocycles. The molecule has 0 aliphatic rings. The lowest BCUT2D eigenvalue weighted by molar-refractivity contribution is -0.116. The first-order chi connectivity index (χ1) is 16.3. The van der Waals surface area contributed by atoms with Gasteiger partial charge in [-0.25, -0.2) is 9.18 Å². The van der Waals surface area contributed by atoms with Crippen LogP contribution in [0.3, 0.4) is 0 Å². The quantitative estimate of drug-likeness (QED) is 0.409. The van der Waals surface area contributed by atoms with Crippen molar-refractivity contribution < 1.29 is 9.18 Å². The maximum Gasteiger partial charge on any atom is 0.332 e. The van der Waals surface area contributed by atoms with Crippen molar-refractivity contribution in [1.29, 1.82) is 0 Å². The number of rotatable bonds is 7. The molecule has 10 heteroatoms. The normalized spacial score (nSPS) is 11.2. The number of amides is 1. The first-order valence-corrected chi connectivity index (χ1v) is 11.9. The molecule has 2 aromatic carbocycles. The highest BCUT2D eigenvalue weighted by Crippen LogP contribution is 2.19. The van der Waals surface area contributed by atoms with Gasteiger partial charge in [-0.3, -0.25) is 23.4 Å². The van der Waals surface area contributed by atoms with Gasteiger partial charge >= 0.3 is 5.69 Å². The number of nitrogens with zero attached hydrogens (tertiary/aromatic N) is 4. The second-order valence-corrected chi connectivity index (χ2v) is 8.64. The van der Waals surface area contributed by atoms with Crippen LogP contribution in [0.25, 0.3) is 11.0 Å². The average molecular weight is 482 g/mol. The van der Waals surface area contributed by atoms with Crippen LogP contribution in [0.5, 0.6) is 0 Å². The molecular formula is C24H24FN5O3S. The fourth-order valence-corrected chi connectivity index (χ4v) is 4.35. The van der Waals surface area contributed by atoms with E-state index in [1.54, 1.807) is 24.8 Å². The number of benzene rings is 2. The van der Waals surface area contributed by atoms with E-state index < -0.39 is 23.0 Å². The largest absolute Gasteiger partial charge is 0.332 e. The zero-order chi connectivity index (χ0) is 24.4. The second-order valence-electron chi connectivity index (χ2n) is 7.77. The lowest BCUT2D eigenvalue weighted by Gasteiger charge is -2.14. The summed E-state index contributed by atoms with van der Waals surface area (Å²) < 4.78 is 17.2. The maximum absolute atomic E-state index is 13.4. The number of aryl methyl sites for hydroxylation is 2. The molecule has 0 unspecified atom stereocenters. The minimum absolute atomic E-state index is 0.0563. The number of anilines is 1. The van der Waals surface area contributed by atoms with Crippen LogP contribution in [0.4, 0.5) is 10.1 Å². The van der Waals surface area contributed by atoms with E-state index in [4.69, 9.17) is 0 Å². The highest BCUT2D eigenvalue weighted by molar-refractivity contribution is 7.98. The van der Waals surface area contributed by atoms with Crippen LogP contribution in [-0.4, -0.2) is 31.1 Å². The molecule has 2 heterocycles. The predicted molar refractivity (Wildman–Crippen MR) is 131 cm³/mol. The van der Waals surface area contributed by atoms with Crippen LogP contribution in [0.15, 0.2) is 63.0 Å². The number of nitrogens with one attached hydrogen (secondary N) is 1. The lowest BCUT2D eigenvalue weighted by atomic mass is 10.2. The minimum atomic E-state index is -0.631. The molecule has 0 spiro atoms. The fraction of sp³-hybridized carbons (Fsp3) is 0.250. The molecular weight excluding hydrogens is 457 g/mol. The number of hydrogen-bond acceptors (Lipinski definition) is 5. The van der Waals surface area contributed by atoms with Crippen molar-refractivity contribution in [2.45, 2.75) is 38.4 Å². The lowest BCUT2D eigenvalue weighted by Crippen LogP contribution is -2.42. The molecule has 0 radical (unpaired) electrons. The summed E-state index contributed by atoms with van der Waals surface area (Å²) in [6.45, 7) is 3.62. The van der Waals surface area contributed by atoms with Crippen LogP contribution in [0, 0.1) is 12.7 Å². The summed E-state index contributed by atoms with van der Waals surface area (Å²) in [4.78, 5) is 40.7. The molecule has 4 rings (SSSR count). The molecule has 34 heavy (non-hydrogen) atoms. The highest BCUT2D eigenvalue weighted by atomic mass is 32.2. The molecule has 0 saturated heterocycles. The summed E-state index contributed by atoms with van der Waals surface area (Å²) in [6.07, 6.45) is 1.94. The van der Waals surface area contributed by atoms with E-state index in [2.05, 4.69) is 10.4 Å². The van der Waals surface area contributed by atoms with Gasteiger partial charge in [0.05, 0.1) is 12.2 Å². The Balaban J connectivity index is 1.80. The van der Waals surface area contributed by atoms with Crippen LogP contribution in [0.1, 0.15) is 18.2 Å². The van der Waals surface area contributed by atoms with E-state index in [0.717, 1.165) is 9.46 Å². The zero-order valence-corrected chi connectivity index (χ0v) is 19.9. The van der Waals surface area contributed by atoms with Gasteiger partial charge in [-0.15, -0.1) is 11.8 Å². The fourth-order valence-electron chi connectivity index (χ4n) is 3.90.